The predicted molar refractivity (Wildman–Crippen MR) is 95.6 cm³/mol. The molecule has 0 bridgehead atoms. The number of amidine groups is 1. The standard InChI is InChI=1S/C17H23N3O2S/c1-13-12-15(20(21)22)8-9-16(13)18-17-19(10-11-23-17)14-6-4-2-3-5-7-14/h8-9,12,14H,2-7,10-11H2,1H3. The zero-order chi connectivity index (χ0) is 16.2. The van der Waals surface area contributed by atoms with Gasteiger partial charge in [0.05, 0.1) is 10.6 Å². The van der Waals surface area contributed by atoms with Gasteiger partial charge in [-0.25, -0.2) is 4.99 Å². The highest BCUT2D eigenvalue weighted by Gasteiger charge is 2.27. The molecular formula is C17H23N3O2S. The van der Waals surface area contributed by atoms with E-state index in [1.165, 1.54) is 38.5 Å². The summed E-state index contributed by atoms with van der Waals surface area (Å²) in [4.78, 5) is 17.8. The maximum Gasteiger partial charge on any atom is 0.269 e. The third-order valence-corrected chi connectivity index (χ3v) is 5.65. The van der Waals surface area contributed by atoms with E-state index in [1.54, 1.807) is 18.2 Å². The summed E-state index contributed by atoms with van der Waals surface area (Å²) in [7, 11) is 0. The Balaban J connectivity index is 1.81. The van der Waals surface area contributed by atoms with Crippen LogP contribution in [0.15, 0.2) is 23.2 Å². The van der Waals surface area contributed by atoms with E-state index in [9.17, 15) is 10.1 Å². The molecule has 124 valence electrons. The summed E-state index contributed by atoms with van der Waals surface area (Å²) in [5, 5.41) is 11.9. The zero-order valence-corrected chi connectivity index (χ0v) is 14.3. The first-order valence-corrected chi connectivity index (χ1v) is 9.37. The van der Waals surface area contributed by atoms with Crippen molar-refractivity contribution < 1.29 is 4.92 Å². The summed E-state index contributed by atoms with van der Waals surface area (Å²) < 4.78 is 0. The number of hydrogen-bond acceptors (Lipinski definition) is 4. The molecule has 0 atom stereocenters. The van der Waals surface area contributed by atoms with Gasteiger partial charge in [-0.1, -0.05) is 37.4 Å². The predicted octanol–water partition coefficient (Wildman–Crippen LogP) is 4.66. The first kappa shape index (κ1) is 16.3. The fourth-order valence-electron chi connectivity index (χ4n) is 3.40. The highest BCUT2D eigenvalue weighted by Crippen LogP contribution is 2.31. The maximum absolute atomic E-state index is 10.9. The van der Waals surface area contributed by atoms with E-state index >= 15 is 0 Å². The normalized spacial score (nSPS) is 21.6. The second-order valence-corrected chi connectivity index (χ2v) is 7.37. The van der Waals surface area contributed by atoms with Crippen LogP contribution in [0.2, 0.25) is 0 Å². The Morgan fingerprint density at radius 1 is 1.26 bits per heavy atom. The van der Waals surface area contributed by atoms with Crippen molar-refractivity contribution in [1.82, 2.24) is 4.90 Å². The number of hydrogen-bond donors (Lipinski definition) is 0. The Hall–Kier alpha value is -1.56. The molecule has 23 heavy (non-hydrogen) atoms. The number of thioether (sulfide) groups is 1. The van der Waals surface area contributed by atoms with E-state index in [-0.39, 0.29) is 10.6 Å². The number of nitrogens with zero attached hydrogens (tertiary/aromatic N) is 3. The molecule has 1 heterocycles. The summed E-state index contributed by atoms with van der Waals surface area (Å²) >= 11 is 1.81. The van der Waals surface area contributed by atoms with Crippen LogP contribution in [0.3, 0.4) is 0 Å². The Kier molecular flexibility index (Phi) is 5.20. The fourth-order valence-corrected chi connectivity index (χ4v) is 4.44. The van der Waals surface area contributed by atoms with E-state index in [0.717, 1.165) is 28.7 Å². The van der Waals surface area contributed by atoms with Crippen LogP contribution in [0, 0.1) is 17.0 Å². The molecule has 0 unspecified atom stereocenters. The molecule has 1 aromatic rings. The molecule has 1 aliphatic heterocycles. The number of non-ortho nitro benzene ring substituents is 1. The van der Waals surface area contributed by atoms with Crippen LogP contribution in [0.4, 0.5) is 11.4 Å². The number of nitro benzene ring substituents is 1. The van der Waals surface area contributed by atoms with Crippen LogP contribution < -0.4 is 0 Å². The Morgan fingerprint density at radius 3 is 2.65 bits per heavy atom. The van der Waals surface area contributed by atoms with E-state index < -0.39 is 0 Å². The van der Waals surface area contributed by atoms with Crippen molar-refractivity contribution in [2.24, 2.45) is 4.99 Å². The van der Waals surface area contributed by atoms with E-state index in [0.29, 0.717) is 6.04 Å². The van der Waals surface area contributed by atoms with Crippen LogP contribution in [0.5, 0.6) is 0 Å². The van der Waals surface area contributed by atoms with Crippen molar-refractivity contribution in [2.75, 3.05) is 12.3 Å². The zero-order valence-electron chi connectivity index (χ0n) is 13.5. The molecule has 0 radical (unpaired) electrons. The SMILES string of the molecule is Cc1cc([N+](=O)[O-])ccc1N=C1SCCN1C1CCCCCC1. The minimum absolute atomic E-state index is 0.131. The molecule has 1 aliphatic carbocycles. The van der Waals surface area contributed by atoms with Crippen molar-refractivity contribution in [3.05, 3.63) is 33.9 Å². The van der Waals surface area contributed by atoms with E-state index in [1.807, 2.05) is 18.7 Å². The molecule has 5 nitrogen and oxygen atoms in total. The quantitative estimate of drug-likeness (QED) is 0.458. The first-order valence-electron chi connectivity index (χ1n) is 8.38. The first-order chi connectivity index (χ1) is 11.1. The van der Waals surface area contributed by atoms with Gasteiger partial charge in [-0.05, 0) is 31.4 Å². The van der Waals surface area contributed by atoms with Gasteiger partial charge in [0, 0.05) is 30.5 Å². The third-order valence-electron chi connectivity index (χ3n) is 4.68. The maximum atomic E-state index is 10.9. The number of rotatable bonds is 3. The van der Waals surface area contributed by atoms with Gasteiger partial charge in [0.2, 0.25) is 0 Å². The lowest BCUT2D eigenvalue weighted by Crippen LogP contribution is -2.35. The van der Waals surface area contributed by atoms with Gasteiger partial charge in [-0.3, -0.25) is 10.1 Å². The Bertz CT molecular complexity index is 610. The number of aliphatic imine (C=N–C) groups is 1. The summed E-state index contributed by atoms with van der Waals surface area (Å²) in [5.41, 5.74) is 1.84. The molecule has 0 N–H and O–H groups in total. The van der Waals surface area contributed by atoms with Crippen LogP contribution in [0.1, 0.15) is 44.1 Å². The molecule has 0 aromatic heterocycles. The molecule has 1 saturated carbocycles. The lowest BCUT2D eigenvalue weighted by atomic mass is 10.1. The van der Waals surface area contributed by atoms with Crippen molar-refractivity contribution in [3.8, 4) is 0 Å². The van der Waals surface area contributed by atoms with Gasteiger partial charge in [-0.15, -0.1) is 0 Å². The smallest absolute Gasteiger partial charge is 0.269 e. The summed E-state index contributed by atoms with van der Waals surface area (Å²) in [6, 6.07) is 5.53. The fraction of sp³-hybridized carbons (Fsp3) is 0.588. The minimum atomic E-state index is -0.355. The van der Waals surface area contributed by atoms with Gasteiger partial charge in [-0.2, -0.15) is 0 Å². The molecular weight excluding hydrogens is 310 g/mol. The van der Waals surface area contributed by atoms with E-state index in [2.05, 4.69) is 4.90 Å². The molecule has 0 spiro atoms. The van der Waals surface area contributed by atoms with Gasteiger partial charge < -0.3 is 4.90 Å². The molecule has 6 heteroatoms. The average molecular weight is 333 g/mol. The van der Waals surface area contributed by atoms with Crippen LogP contribution in [0.25, 0.3) is 0 Å². The molecule has 0 amide bonds. The van der Waals surface area contributed by atoms with Gasteiger partial charge in [0.25, 0.3) is 5.69 Å². The van der Waals surface area contributed by atoms with Crippen molar-refractivity contribution in [3.63, 3.8) is 0 Å². The summed E-state index contributed by atoms with van der Waals surface area (Å²) in [5.74, 6) is 1.08. The second-order valence-electron chi connectivity index (χ2n) is 6.31. The minimum Gasteiger partial charge on any atom is -0.347 e. The highest BCUT2D eigenvalue weighted by molar-refractivity contribution is 8.14. The third kappa shape index (κ3) is 3.86. The Morgan fingerprint density at radius 2 is 2.00 bits per heavy atom. The summed E-state index contributed by atoms with van der Waals surface area (Å²) in [6.45, 7) is 2.96. The van der Waals surface area contributed by atoms with Gasteiger partial charge in [0.15, 0.2) is 5.17 Å². The highest BCUT2D eigenvalue weighted by atomic mass is 32.2. The average Bonchev–Trinajstić information content (AvgIpc) is 2.82. The van der Waals surface area contributed by atoms with Gasteiger partial charge >= 0.3 is 0 Å². The molecule has 3 rings (SSSR count). The largest absolute Gasteiger partial charge is 0.347 e. The number of aryl methyl sites for hydroxylation is 1. The van der Waals surface area contributed by atoms with E-state index in [4.69, 9.17) is 4.99 Å². The number of nitro groups is 1. The van der Waals surface area contributed by atoms with Crippen molar-refractivity contribution in [2.45, 2.75) is 51.5 Å². The monoisotopic (exact) mass is 333 g/mol. The lowest BCUT2D eigenvalue weighted by Gasteiger charge is -2.28. The van der Waals surface area contributed by atoms with Crippen molar-refractivity contribution in [1.29, 1.82) is 0 Å². The Labute approximate surface area is 141 Å². The van der Waals surface area contributed by atoms with Crippen LogP contribution in [-0.4, -0.2) is 33.3 Å². The van der Waals surface area contributed by atoms with Crippen LogP contribution in [-0.2, 0) is 0 Å². The summed E-state index contributed by atoms with van der Waals surface area (Å²) in [6.07, 6.45) is 7.86. The molecule has 2 aliphatic rings. The lowest BCUT2D eigenvalue weighted by molar-refractivity contribution is -0.384. The molecule has 1 aromatic carbocycles. The van der Waals surface area contributed by atoms with Crippen molar-refractivity contribution >= 4 is 28.3 Å². The topological polar surface area (TPSA) is 58.7 Å². The van der Waals surface area contributed by atoms with Crippen LogP contribution >= 0.6 is 11.8 Å². The molecule has 1 saturated heterocycles. The number of benzene rings is 1. The van der Waals surface area contributed by atoms with Gasteiger partial charge in [0.1, 0.15) is 0 Å². The second kappa shape index (κ2) is 7.34. The molecule has 2 fully saturated rings.